The van der Waals surface area contributed by atoms with Gasteiger partial charge in [-0.1, -0.05) is 48.5 Å². The minimum absolute atomic E-state index is 0.155. The van der Waals surface area contributed by atoms with E-state index in [1.54, 1.807) is 18.2 Å². The van der Waals surface area contributed by atoms with E-state index in [1.807, 2.05) is 36.1 Å². The second-order valence-electron chi connectivity index (χ2n) is 8.33. The van der Waals surface area contributed by atoms with E-state index in [9.17, 15) is 9.59 Å². The lowest BCUT2D eigenvalue weighted by atomic mass is 9.92. The van der Waals surface area contributed by atoms with Gasteiger partial charge in [-0.05, 0) is 49.1 Å². The van der Waals surface area contributed by atoms with Crippen LogP contribution in [0.5, 0.6) is 0 Å². The van der Waals surface area contributed by atoms with Gasteiger partial charge in [-0.3, -0.25) is 14.6 Å². The summed E-state index contributed by atoms with van der Waals surface area (Å²) in [5.74, 6) is 0.00201. The highest BCUT2D eigenvalue weighted by Gasteiger charge is 2.28. The van der Waals surface area contributed by atoms with E-state index in [4.69, 9.17) is 4.98 Å². The van der Waals surface area contributed by atoms with Crippen molar-refractivity contribution in [3.05, 3.63) is 94.2 Å². The van der Waals surface area contributed by atoms with Crippen LogP contribution in [0, 0.1) is 6.92 Å². The third-order valence-corrected chi connectivity index (χ3v) is 6.11. The van der Waals surface area contributed by atoms with Gasteiger partial charge < -0.3 is 4.90 Å². The number of pyridine rings is 1. The van der Waals surface area contributed by atoms with Gasteiger partial charge >= 0.3 is 0 Å². The van der Waals surface area contributed by atoms with Crippen LogP contribution >= 0.6 is 0 Å². The number of hydrogen-bond donors (Lipinski definition) is 1. The Labute approximate surface area is 185 Å². The number of nitrogens with one attached hydrogen (secondary N) is 1. The number of likely N-dealkylation sites (tertiary alicyclic amines) is 1. The van der Waals surface area contributed by atoms with Crippen LogP contribution in [0.2, 0.25) is 0 Å². The molecule has 1 atom stereocenters. The van der Waals surface area contributed by atoms with Crippen molar-refractivity contribution >= 4 is 16.7 Å². The van der Waals surface area contributed by atoms with Crippen molar-refractivity contribution < 1.29 is 4.79 Å². The largest absolute Gasteiger partial charge is 0.337 e. The van der Waals surface area contributed by atoms with Crippen molar-refractivity contribution in [2.24, 2.45) is 0 Å². The fraction of sp³-hybridized carbons (Fsp3) is 0.231. The van der Waals surface area contributed by atoms with Crippen LogP contribution in [0.3, 0.4) is 0 Å². The van der Waals surface area contributed by atoms with E-state index < -0.39 is 0 Å². The molecule has 3 heterocycles. The van der Waals surface area contributed by atoms with Gasteiger partial charge in [0, 0.05) is 35.8 Å². The normalized spacial score (nSPS) is 16.3. The summed E-state index contributed by atoms with van der Waals surface area (Å²) in [6, 6.07) is 21.6. The summed E-state index contributed by atoms with van der Waals surface area (Å²) >= 11 is 0. The number of H-pyrrole nitrogens is 1. The van der Waals surface area contributed by atoms with E-state index in [1.165, 1.54) is 0 Å². The molecule has 0 saturated carbocycles. The fourth-order valence-electron chi connectivity index (χ4n) is 4.53. The molecular weight excluding hydrogens is 400 g/mol. The zero-order valence-electron chi connectivity index (χ0n) is 17.9. The highest BCUT2D eigenvalue weighted by atomic mass is 16.2. The number of rotatable bonds is 3. The van der Waals surface area contributed by atoms with Crippen LogP contribution in [0.15, 0.2) is 71.5 Å². The zero-order chi connectivity index (χ0) is 22.1. The van der Waals surface area contributed by atoms with Crippen molar-refractivity contribution in [2.75, 3.05) is 13.1 Å². The summed E-state index contributed by atoms with van der Waals surface area (Å²) in [5.41, 5.74) is 4.30. The van der Waals surface area contributed by atoms with Crippen LogP contribution in [0.4, 0.5) is 0 Å². The second kappa shape index (κ2) is 8.38. The van der Waals surface area contributed by atoms with Crippen LogP contribution in [-0.4, -0.2) is 39.1 Å². The van der Waals surface area contributed by atoms with Gasteiger partial charge in [0.1, 0.15) is 0 Å². The van der Waals surface area contributed by atoms with Crippen molar-refractivity contribution in [3.63, 3.8) is 0 Å². The van der Waals surface area contributed by atoms with Crippen LogP contribution < -0.4 is 5.56 Å². The minimum atomic E-state index is -0.286. The number of benzene rings is 2. The molecule has 0 spiro atoms. The molecule has 1 N–H and O–H groups in total. The highest BCUT2D eigenvalue weighted by molar-refractivity contribution is 6.04. The maximum Gasteiger partial charge on any atom is 0.274 e. The molecule has 0 aliphatic carbocycles. The quantitative estimate of drug-likeness (QED) is 0.531. The number of piperidine rings is 1. The number of nitrogens with zero attached hydrogens (tertiary/aromatic N) is 3. The van der Waals surface area contributed by atoms with E-state index in [-0.39, 0.29) is 17.4 Å². The number of carbonyl (C=O) groups is 1. The number of fused-ring (bicyclic) bond motifs is 1. The maximum atomic E-state index is 13.4. The van der Waals surface area contributed by atoms with E-state index in [2.05, 4.69) is 34.5 Å². The lowest BCUT2D eigenvalue weighted by molar-refractivity contribution is 0.0701. The highest BCUT2D eigenvalue weighted by Crippen LogP contribution is 2.30. The van der Waals surface area contributed by atoms with Gasteiger partial charge in [0.05, 0.1) is 5.39 Å². The molecule has 1 aliphatic rings. The summed E-state index contributed by atoms with van der Waals surface area (Å²) in [6.45, 7) is 3.26. The van der Waals surface area contributed by atoms with Gasteiger partial charge in [-0.25, -0.2) is 5.10 Å². The first kappa shape index (κ1) is 20.1. The van der Waals surface area contributed by atoms with E-state index >= 15 is 0 Å². The molecule has 2 aromatic carbocycles. The van der Waals surface area contributed by atoms with Crippen molar-refractivity contribution in [1.29, 1.82) is 0 Å². The molecular formula is C26H24N4O2. The molecule has 2 aromatic heterocycles. The van der Waals surface area contributed by atoms with Crippen molar-refractivity contribution in [2.45, 2.75) is 25.7 Å². The molecule has 1 aliphatic heterocycles. The van der Waals surface area contributed by atoms with Crippen LogP contribution in [0.25, 0.3) is 21.9 Å². The third kappa shape index (κ3) is 3.80. The van der Waals surface area contributed by atoms with Gasteiger partial charge in [-0.2, -0.15) is 5.10 Å². The summed E-state index contributed by atoms with van der Waals surface area (Å²) < 4.78 is 0. The topological polar surface area (TPSA) is 79.0 Å². The Hall–Kier alpha value is -3.80. The third-order valence-electron chi connectivity index (χ3n) is 6.11. The smallest absolute Gasteiger partial charge is 0.274 e. The minimum Gasteiger partial charge on any atom is -0.337 e. The Morgan fingerprint density at radius 1 is 1.00 bits per heavy atom. The Bertz CT molecular complexity index is 1350. The summed E-state index contributed by atoms with van der Waals surface area (Å²) in [7, 11) is 0. The Balaban J connectivity index is 1.45. The van der Waals surface area contributed by atoms with Crippen LogP contribution in [-0.2, 0) is 0 Å². The first-order valence-corrected chi connectivity index (χ1v) is 10.9. The van der Waals surface area contributed by atoms with Gasteiger partial charge in [0.2, 0.25) is 0 Å². The number of amides is 1. The monoisotopic (exact) mass is 424 g/mol. The molecule has 160 valence electrons. The van der Waals surface area contributed by atoms with E-state index in [0.29, 0.717) is 29.6 Å². The van der Waals surface area contributed by atoms with E-state index in [0.717, 1.165) is 35.4 Å². The molecule has 1 fully saturated rings. The first-order chi connectivity index (χ1) is 15.6. The molecule has 0 bridgehead atoms. The predicted molar refractivity (Wildman–Crippen MR) is 125 cm³/mol. The number of hydrogen-bond acceptors (Lipinski definition) is 4. The SMILES string of the molecule is Cc1cc(-c2ccccc2)cc(C2CCCN(C(=O)c3n[nH]c(=O)c4ccccc34)C2)n1. The summed E-state index contributed by atoms with van der Waals surface area (Å²) in [4.78, 5) is 32.1. The number of aromatic nitrogens is 3. The van der Waals surface area contributed by atoms with Gasteiger partial charge in [0.25, 0.3) is 11.5 Å². The number of aromatic amines is 1. The average Bonchev–Trinajstić information content (AvgIpc) is 2.84. The molecule has 4 aromatic rings. The molecule has 0 radical (unpaired) electrons. The fourth-order valence-corrected chi connectivity index (χ4v) is 4.53. The lowest BCUT2D eigenvalue weighted by Gasteiger charge is -2.32. The molecule has 1 saturated heterocycles. The molecule has 5 rings (SSSR count). The first-order valence-electron chi connectivity index (χ1n) is 10.9. The van der Waals surface area contributed by atoms with Crippen LogP contribution in [0.1, 0.15) is 40.6 Å². The number of carbonyl (C=O) groups excluding carboxylic acids is 1. The molecule has 32 heavy (non-hydrogen) atoms. The molecule has 6 heteroatoms. The number of aryl methyl sites for hydroxylation is 1. The zero-order valence-corrected chi connectivity index (χ0v) is 17.9. The Morgan fingerprint density at radius 2 is 1.75 bits per heavy atom. The second-order valence-corrected chi connectivity index (χ2v) is 8.33. The molecule has 1 amide bonds. The maximum absolute atomic E-state index is 13.4. The Morgan fingerprint density at radius 3 is 2.56 bits per heavy atom. The van der Waals surface area contributed by atoms with Gasteiger partial charge in [-0.15, -0.1) is 0 Å². The average molecular weight is 425 g/mol. The molecule has 1 unspecified atom stereocenters. The van der Waals surface area contributed by atoms with Gasteiger partial charge in [0.15, 0.2) is 5.69 Å². The summed E-state index contributed by atoms with van der Waals surface area (Å²) in [5, 5.41) is 7.64. The van der Waals surface area contributed by atoms with Crippen molar-refractivity contribution in [3.8, 4) is 11.1 Å². The Kier molecular flexibility index (Phi) is 5.27. The molecule has 6 nitrogen and oxygen atoms in total. The summed E-state index contributed by atoms with van der Waals surface area (Å²) in [6.07, 6.45) is 1.88. The lowest BCUT2D eigenvalue weighted by Crippen LogP contribution is -2.40. The van der Waals surface area contributed by atoms with Crippen molar-refractivity contribution in [1.82, 2.24) is 20.1 Å². The predicted octanol–water partition coefficient (Wildman–Crippen LogP) is 4.31. The standard InChI is InChI=1S/C26H24N4O2/c1-17-14-20(18-8-3-2-4-9-18)15-23(27-17)19-10-7-13-30(16-19)26(32)24-21-11-5-6-12-22(21)25(31)29-28-24/h2-6,8-9,11-12,14-15,19H,7,10,13,16H2,1H3,(H,29,31).